The second kappa shape index (κ2) is 7.46. The van der Waals surface area contributed by atoms with Gasteiger partial charge in [0, 0.05) is 25.7 Å². The highest BCUT2D eigenvalue weighted by atomic mass is 16.5. The summed E-state index contributed by atoms with van der Waals surface area (Å²) in [6.07, 6.45) is 2.80. The molecule has 0 bridgehead atoms. The number of rotatable bonds is 7. The summed E-state index contributed by atoms with van der Waals surface area (Å²) in [6, 6.07) is 0.605. The Morgan fingerprint density at radius 2 is 2.06 bits per heavy atom. The zero-order valence-electron chi connectivity index (χ0n) is 13.0. The van der Waals surface area contributed by atoms with Crippen LogP contribution in [-0.4, -0.2) is 49.8 Å². The highest BCUT2D eigenvalue weighted by Crippen LogP contribution is 2.25. The van der Waals surface area contributed by atoms with Gasteiger partial charge >= 0.3 is 0 Å². The number of hydrogen-bond acceptors (Lipinski definition) is 3. The molecular formula is C15H32N2O. The molecule has 0 aromatic rings. The molecule has 1 rings (SSSR count). The van der Waals surface area contributed by atoms with Crippen molar-refractivity contribution in [2.24, 2.45) is 5.41 Å². The number of ether oxygens (including phenoxy) is 1. The van der Waals surface area contributed by atoms with Gasteiger partial charge in [-0.3, -0.25) is 4.90 Å². The summed E-state index contributed by atoms with van der Waals surface area (Å²) < 4.78 is 5.78. The SMILES string of the molecule is CCNCC(C)(CC)CN1CC(C)OCC1CC. The first-order chi connectivity index (χ1) is 8.54. The van der Waals surface area contributed by atoms with Crippen molar-refractivity contribution < 1.29 is 4.74 Å². The van der Waals surface area contributed by atoms with E-state index >= 15 is 0 Å². The van der Waals surface area contributed by atoms with E-state index in [1.165, 1.54) is 19.4 Å². The fraction of sp³-hybridized carbons (Fsp3) is 1.00. The minimum Gasteiger partial charge on any atom is -0.376 e. The van der Waals surface area contributed by atoms with E-state index in [0.29, 0.717) is 17.6 Å². The van der Waals surface area contributed by atoms with Crippen LogP contribution in [0.4, 0.5) is 0 Å². The summed E-state index contributed by atoms with van der Waals surface area (Å²) >= 11 is 0. The van der Waals surface area contributed by atoms with Crippen molar-refractivity contribution in [3.63, 3.8) is 0 Å². The second-order valence-electron chi connectivity index (χ2n) is 6.08. The first-order valence-corrected chi connectivity index (χ1v) is 7.61. The Labute approximate surface area is 113 Å². The standard InChI is InChI=1S/C15H32N2O/c1-6-14-10-18-13(4)9-17(14)12-15(5,7-2)11-16-8-3/h13-14,16H,6-12H2,1-5H3. The molecule has 1 aliphatic rings. The molecule has 3 unspecified atom stereocenters. The topological polar surface area (TPSA) is 24.5 Å². The van der Waals surface area contributed by atoms with Crippen LogP contribution in [0.2, 0.25) is 0 Å². The lowest BCUT2D eigenvalue weighted by molar-refractivity contribution is -0.0681. The van der Waals surface area contributed by atoms with Gasteiger partial charge in [0.2, 0.25) is 0 Å². The fourth-order valence-corrected chi connectivity index (χ4v) is 2.69. The van der Waals surface area contributed by atoms with Gasteiger partial charge < -0.3 is 10.1 Å². The molecule has 0 amide bonds. The Morgan fingerprint density at radius 1 is 1.33 bits per heavy atom. The summed E-state index contributed by atoms with van der Waals surface area (Å²) in [7, 11) is 0. The molecule has 0 aromatic carbocycles. The lowest BCUT2D eigenvalue weighted by atomic mass is 9.86. The highest BCUT2D eigenvalue weighted by Gasteiger charge is 2.31. The number of nitrogens with zero attached hydrogens (tertiary/aromatic N) is 1. The van der Waals surface area contributed by atoms with E-state index in [1.54, 1.807) is 0 Å². The highest BCUT2D eigenvalue weighted by molar-refractivity contribution is 4.85. The first kappa shape index (κ1) is 15.9. The molecule has 3 nitrogen and oxygen atoms in total. The molecule has 3 heteroatoms. The lowest BCUT2D eigenvalue weighted by Crippen LogP contribution is -2.53. The van der Waals surface area contributed by atoms with Gasteiger partial charge in [0.25, 0.3) is 0 Å². The van der Waals surface area contributed by atoms with Crippen LogP contribution in [0.3, 0.4) is 0 Å². The van der Waals surface area contributed by atoms with Gasteiger partial charge in [-0.05, 0) is 31.7 Å². The Bertz CT molecular complexity index is 235. The molecule has 1 heterocycles. The van der Waals surface area contributed by atoms with Gasteiger partial charge in [0.05, 0.1) is 12.7 Å². The third kappa shape index (κ3) is 4.52. The minimum atomic E-state index is 0.375. The molecule has 18 heavy (non-hydrogen) atoms. The van der Waals surface area contributed by atoms with Crippen LogP contribution in [-0.2, 0) is 4.74 Å². The molecule has 0 radical (unpaired) electrons. The van der Waals surface area contributed by atoms with Gasteiger partial charge in [0.15, 0.2) is 0 Å². The molecule has 3 atom stereocenters. The summed E-state index contributed by atoms with van der Waals surface area (Å²) in [6.45, 7) is 16.7. The summed E-state index contributed by atoms with van der Waals surface area (Å²) in [4.78, 5) is 2.65. The molecule has 0 aromatic heterocycles. The largest absolute Gasteiger partial charge is 0.376 e. The summed E-state index contributed by atoms with van der Waals surface area (Å²) in [5.41, 5.74) is 0.375. The molecule has 1 fully saturated rings. The average molecular weight is 256 g/mol. The zero-order chi connectivity index (χ0) is 13.6. The van der Waals surface area contributed by atoms with E-state index in [0.717, 1.165) is 26.2 Å². The maximum absolute atomic E-state index is 5.78. The molecule has 1 N–H and O–H groups in total. The molecule has 0 saturated carbocycles. The maximum Gasteiger partial charge on any atom is 0.0674 e. The third-order valence-corrected chi connectivity index (χ3v) is 4.29. The van der Waals surface area contributed by atoms with Crippen LogP contribution in [0, 0.1) is 5.41 Å². The van der Waals surface area contributed by atoms with E-state index in [9.17, 15) is 0 Å². The van der Waals surface area contributed by atoms with Crippen molar-refractivity contribution in [3.05, 3.63) is 0 Å². The Balaban J connectivity index is 2.59. The van der Waals surface area contributed by atoms with E-state index in [1.807, 2.05) is 0 Å². The number of nitrogens with one attached hydrogen (secondary N) is 1. The molecule has 0 spiro atoms. The van der Waals surface area contributed by atoms with Crippen molar-refractivity contribution in [2.75, 3.05) is 32.8 Å². The van der Waals surface area contributed by atoms with Gasteiger partial charge in [-0.25, -0.2) is 0 Å². The normalized spacial score (nSPS) is 29.2. The number of hydrogen-bond donors (Lipinski definition) is 1. The van der Waals surface area contributed by atoms with E-state index in [-0.39, 0.29) is 0 Å². The molecule has 108 valence electrons. The van der Waals surface area contributed by atoms with Crippen molar-refractivity contribution in [1.29, 1.82) is 0 Å². The summed E-state index contributed by atoms with van der Waals surface area (Å²) in [5.74, 6) is 0. The quantitative estimate of drug-likeness (QED) is 0.757. The average Bonchev–Trinajstić information content (AvgIpc) is 2.37. The first-order valence-electron chi connectivity index (χ1n) is 7.61. The minimum absolute atomic E-state index is 0.375. The smallest absolute Gasteiger partial charge is 0.0674 e. The van der Waals surface area contributed by atoms with E-state index in [4.69, 9.17) is 4.74 Å². The second-order valence-corrected chi connectivity index (χ2v) is 6.08. The fourth-order valence-electron chi connectivity index (χ4n) is 2.69. The predicted octanol–water partition coefficient (Wildman–Crippen LogP) is 2.51. The summed E-state index contributed by atoms with van der Waals surface area (Å²) in [5, 5.41) is 3.52. The molecule has 1 saturated heterocycles. The maximum atomic E-state index is 5.78. The Kier molecular flexibility index (Phi) is 6.61. The monoisotopic (exact) mass is 256 g/mol. The molecule has 0 aliphatic carbocycles. The van der Waals surface area contributed by atoms with Crippen LogP contribution in [0.15, 0.2) is 0 Å². The Hall–Kier alpha value is -0.120. The van der Waals surface area contributed by atoms with Crippen LogP contribution < -0.4 is 5.32 Å². The number of morpholine rings is 1. The van der Waals surface area contributed by atoms with Crippen LogP contribution in [0.1, 0.15) is 47.5 Å². The van der Waals surface area contributed by atoms with Crippen LogP contribution in [0.5, 0.6) is 0 Å². The molecular weight excluding hydrogens is 224 g/mol. The van der Waals surface area contributed by atoms with Gasteiger partial charge in [-0.15, -0.1) is 0 Å². The van der Waals surface area contributed by atoms with Gasteiger partial charge in [0.1, 0.15) is 0 Å². The van der Waals surface area contributed by atoms with Crippen LogP contribution in [0.25, 0.3) is 0 Å². The van der Waals surface area contributed by atoms with Crippen molar-refractivity contribution in [2.45, 2.75) is 59.6 Å². The van der Waals surface area contributed by atoms with E-state index < -0.39 is 0 Å². The Morgan fingerprint density at radius 3 is 2.61 bits per heavy atom. The lowest BCUT2D eigenvalue weighted by Gasteiger charge is -2.43. The zero-order valence-corrected chi connectivity index (χ0v) is 13.0. The molecule has 1 aliphatic heterocycles. The van der Waals surface area contributed by atoms with Gasteiger partial charge in [-0.2, -0.15) is 0 Å². The van der Waals surface area contributed by atoms with Gasteiger partial charge in [-0.1, -0.05) is 27.7 Å². The van der Waals surface area contributed by atoms with E-state index in [2.05, 4.69) is 44.8 Å². The third-order valence-electron chi connectivity index (χ3n) is 4.29. The van der Waals surface area contributed by atoms with Crippen molar-refractivity contribution >= 4 is 0 Å². The van der Waals surface area contributed by atoms with Crippen molar-refractivity contribution in [3.8, 4) is 0 Å². The predicted molar refractivity (Wildman–Crippen MR) is 78.0 cm³/mol. The van der Waals surface area contributed by atoms with Crippen LogP contribution >= 0.6 is 0 Å². The van der Waals surface area contributed by atoms with Crippen molar-refractivity contribution in [1.82, 2.24) is 10.2 Å².